The van der Waals surface area contributed by atoms with Crippen molar-refractivity contribution in [3.8, 4) is 11.4 Å². The van der Waals surface area contributed by atoms with Crippen molar-refractivity contribution < 1.29 is 0 Å². The number of halogens is 1. The molecule has 0 radical (unpaired) electrons. The first kappa shape index (κ1) is 14.6. The first-order valence-electron chi connectivity index (χ1n) is 6.08. The molecule has 0 fully saturated rings. The van der Waals surface area contributed by atoms with Crippen LogP contribution >= 0.6 is 34.4 Å². The Hall–Kier alpha value is -0.820. The first-order chi connectivity index (χ1) is 9.15. The minimum absolute atomic E-state index is 0.0528. The normalized spacial score (nSPS) is 10.7. The SMILES string of the molecule is CCCc1nc(-c2ccc(SC)cc2)[nH]c(=O)c1I. The maximum atomic E-state index is 11.9. The van der Waals surface area contributed by atoms with E-state index in [-0.39, 0.29) is 5.56 Å². The third kappa shape index (κ3) is 3.39. The molecule has 1 aromatic heterocycles. The highest BCUT2D eigenvalue weighted by Crippen LogP contribution is 2.20. The van der Waals surface area contributed by atoms with Gasteiger partial charge in [0.15, 0.2) is 0 Å². The van der Waals surface area contributed by atoms with Crippen molar-refractivity contribution in [3.05, 3.63) is 43.9 Å². The summed E-state index contributed by atoms with van der Waals surface area (Å²) in [4.78, 5) is 20.6. The predicted octanol–water partition coefficient (Wildman–Crippen LogP) is 3.72. The number of rotatable bonds is 4. The lowest BCUT2D eigenvalue weighted by Crippen LogP contribution is -2.16. The summed E-state index contributed by atoms with van der Waals surface area (Å²) >= 11 is 3.76. The van der Waals surface area contributed by atoms with Gasteiger partial charge in [-0.2, -0.15) is 0 Å². The molecule has 0 saturated heterocycles. The molecule has 5 heteroatoms. The summed E-state index contributed by atoms with van der Waals surface area (Å²) in [6.45, 7) is 2.09. The highest BCUT2D eigenvalue weighted by molar-refractivity contribution is 14.1. The van der Waals surface area contributed by atoms with Gasteiger partial charge in [0.25, 0.3) is 5.56 Å². The van der Waals surface area contributed by atoms with Crippen LogP contribution in [0.1, 0.15) is 19.0 Å². The topological polar surface area (TPSA) is 45.8 Å². The van der Waals surface area contributed by atoms with Gasteiger partial charge in [0.2, 0.25) is 0 Å². The Balaban J connectivity index is 2.46. The maximum Gasteiger partial charge on any atom is 0.264 e. The second-order valence-corrected chi connectivity index (χ2v) is 6.11. The highest BCUT2D eigenvalue weighted by atomic mass is 127. The molecule has 0 aliphatic heterocycles. The molecule has 1 aromatic carbocycles. The molecule has 1 heterocycles. The number of thioether (sulfide) groups is 1. The highest BCUT2D eigenvalue weighted by Gasteiger charge is 2.09. The molecule has 2 rings (SSSR count). The second-order valence-electron chi connectivity index (χ2n) is 4.15. The van der Waals surface area contributed by atoms with E-state index in [0.717, 1.165) is 24.1 Å². The molecule has 2 aromatic rings. The molecule has 0 amide bonds. The Labute approximate surface area is 130 Å². The van der Waals surface area contributed by atoms with Crippen LogP contribution < -0.4 is 5.56 Å². The van der Waals surface area contributed by atoms with Gasteiger partial charge in [-0.05, 0) is 47.4 Å². The van der Waals surface area contributed by atoms with Crippen molar-refractivity contribution >= 4 is 34.4 Å². The molecule has 0 unspecified atom stereocenters. The van der Waals surface area contributed by atoms with Gasteiger partial charge in [0, 0.05) is 10.5 Å². The van der Waals surface area contributed by atoms with E-state index in [1.165, 1.54) is 4.90 Å². The third-order valence-corrected chi connectivity index (χ3v) is 4.64. The smallest absolute Gasteiger partial charge is 0.264 e. The van der Waals surface area contributed by atoms with Crippen molar-refractivity contribution in [3.63, 3.8) is 0 Å². The molecular weight excluding hydrogens is 371 g/mol. The van der Waals surface area contributed by atoms with Crippen LogP contribution in [0.5, 0.6) is 0 Å². The van der Waals surface area contributed by atoms with Gasteiger partial charge in [-0.15, -0.1) is 11.8 Å². The summed E-state index contributed by atoms with van der Waals surface area (Å²) in [5.41, 5.74) is 1.78. The Bertz CT molecular complexity index is 622. The van der Waals surface area contributed by atoms with Crippen LogP contribution in [0.25, 0.3) is 11.4 Å². The summed E-state index contributed by atoms with van der Waals surface area (Å²) in [5.74, 6) is 0.654. The fraction of sp³-hybridized carbons (Fsp3) is 0.286. The van der Waals surface area contributed by atoms with E-state index in [9.17, 15) is 4.79 Å². The standard InChI is InChI=1S/C14H15IN2OS/c1-3-4-11-12(15)14(18)17-13(16-11)9-5-7-10(19-2)8-6-9/h5-8H,3-4H2,1-2H3,(H,16,17,18). The number of benzene rings is 1. The van der Waals surface area contributed by atoms with Crippen molar-refractivity contribution in [2.24, 2.45) is 0 Å². The van der Waals surface area contributed by atoms with E-state index >= 15 is 0 Å². The lowest BCUT2D eigenvalue weighted by molar-refractivity contribution is 0.860. The van der Waals surface area contributed by atoms with E-state index in [1.54, 1.807) is 11.8 Å². The maximum absolute atomic E-state index is 11.9. The largest absolute Gasteiger partial charge is 0.306 e. The molecule has 0 aliphatic carbocycles. The van der Waals surface area contributed by atoms with Crippen molar-refractivity contribution in [1.82, 2.24) is 9.97 Å². The monoisotopic (exact) mass is 386 g/mol. The quantitative estimate of drug-likeness (QED) is 0.644. The van der Waals surface area contributed by atoms with E-state index in [1.807, 2.05) is 30.5 Å². The Kier molecular flexibility index (Phi) is 5.04. The fourth-order valence-corrected chi connectivity index (χ4v) is 2.73. The molecule has 3 nitrogen and oxygen atoms in total. The molecule has 0 atom stereocenters. The molecule has 100 valence electrons. The molecule has 1 N–H and O–H groups in total. The summed E-state index contributed by atoms with van der Waals surface area (Å²) in [7, 11) is 0. The number of aromatic nitrogens is 2. The van der Waals surface area contributed by atoms with Crippen molar-refractivity contribution in [2.45, 2.75) is 24.7 Å². The van der Waals surface area contributed by atoms with Crippen LogP contribution in [0, 0.1) is 3.57 Å². The number of hydrogen-bond acceptors (Lipinski definition) is 3. The van der Waals surface area contributed by atoms with Gasteiger partial charge in [0.1, 0.15) is 5.82 Å². The molecule has 0 spiro atoms. The van der Waals surface area contributed by atoms with E-state index in [2.05, 4.69) is 39.5 Å². The average molecular weight is 386 g/mol. The van der Waals surface area contributed by atoms with Crippen molar-refractivity contribution in [2.75, 3.05) is 6.26 Å². The molecule has 0 aliphatic rings. The van der Waals surface area contributed by atoms with Gasteiger partial charge >= 0.3 is 0 Å². The molecule has 0 saturated carbocycles. The van der Waals surface area contributed by atoms with E-state index in [4.69, 9.17) is 0 Å². The lowest BCUT2D eigenvalue weighted by atomic mass is 10.2. The summed E-state index contributed by atoms with van der Waals surface area (Å²) in [6.07, 6.45) is 3.86. The Morgan fingerprint density at radius 1 is 1.32 bits per heavy atom. The van der Waals surface area contributed by atoms with E-state index in [0.29, 0.717) is 9.39 Å². The van der Waals surface area contributed by atoms with Crippen LogP contribution in [0.15, 0.2) is 34.0 Å². The fourth-order valence-electron chi connectivity index (χ4n) is 1.79. The summed E-state index contributed by atoms with van der Waals surface area (Å²) < 4.78 is 0.698. The lowest BCUT2D eigenvalue weighted by Gasteiger charge is -2.06. The van der Waals surface area contributed by atoms with Crippen LogP contribution in [0.2, 0.25) is 0 Å². The number of hydrogen-bond donors (Lipinski definition) is 1. The second kappa shape index (κ2) is 6.56. The minimum Gasteiger partial charge on any atom is -0.306 e. The Morgan fingerprint density at radius 3 is 2.58 bits per heavy atom. The average Bonchev–Trinajstić information content (AvgIpc) is 2.44. The number of nitrogens with one attached hydrogen (secondary N) is 1. The molecule has 19 heavy (non-hydrogen) atoms. The Morgan fingerprint density at radius 2 is 2.00 bits per heavy atom. The molecular formula is C14H15IN2OS. The van der Waals surface area contributed by atoms with Gasteiger partial charge in [-0.1, -0.05) is 25.5 Å². The number of aromatic amines is 1. The molecule has 0 bridgehead atoms. The van der Waals surface area contributed by atoms with Crippen LogP contribution in [-0.4, -0.2) is 16.2 Å². The van der Waals surface area contributed by atoms with Crippen LogP contribution in [0.3, 0.4) is 0 Å². The number of aryl methyl sites for hydroxylation is 1. The van der Waals surface area contributed by atoms with E-state index < -0.39 is 0 Å². The zero-order valence-electron chi connectivity index (χ0n) is 10.9. The zero-order chi connectivity index (χ0) is 13.8. The van der Waals surface area contributed by atoms with Crippen LogP contribution in [-0.2, 0) is 6.42 Å². The summed E-state index contributed by atoms with van der Waals surface area (Å²) in [6, 6.07) is 8.06. The number of H-pyrrole nitrogens is 1. The summed E-state index contributed by atoms with van der Waals surface area (Å²) in [5, 5.41) is 0. The van der Waals surface area contributed by atoms with Gasteiger partial charge < -0.3 is 4.98 Å². The van der Waals surface area contributed by atoms with Gasteiger partial charge in [-0.3, -0.25) is 4.79 Å². The number of nitrogens with zero attached hydrogens (tertiary/aromatic N) is 1. The van der Waals surface area contributed by atoms with Crippen molar-refractivity contribution in [1.29, 1.82) is 0 Å². The van der Waals surface area contributed by atoms with Gasteiger partial charge in [-0.25, -0.2) is 4.98 Å². The van der Waals surface area contributed by atoms with Gasteiger partial charge in [0.05, 0.1) is 9.26 Å². The third-order valence-electron chi connectivity index (χ3n) is 2.78. The predicted molar refractivity (Wildman–Crippen MR) is 88.8 cm³/mol. The van der Waals surface area contributed by atoms with Crippen LogP contribution in [0.4, 0.5) is 0 Å². The zero-order valence-corrected chi connectivity index (χ0v) is 13.8. The minimum atomic E-state index is -0.0528. The first-order valence-corrected chi connectivity index (χ1v) is 8.39.